The first-order valence-corrected chi connectivity index (χ1v) is 4.68. The van der Waals surface area contributed by atoms with Crippen LogP contribution in [0.5, 0.6) is 0 Å². The molecule has 3 nitrogen and oxygen atoms in total. The maximum Gasteiger partial charge on any atom is 0.712 e. The van der Waals surface area contributed by atoms with Crippen LogP contribution in [0.4, 0.5) is 0 Å². The van der Waals surface area contributed by atoms with Crippen molar-refractivity contribution < 1.29 is 14.0 Å². The Balaban J connectivity index is 2.50. The lowest BCUT2D eigenvalue weighted by Gasteiger charge is -2.20. The van der Waals surface area contributed by atoms with E-state index in [9.17, 15) is 0 Å². The van der Waals surface area contributed by atoms with Crippen LogP contribution in [0.15, 0.2) is 11.3 Å². The Labute approximate surface area is 80.2 Å². The summed E-state index contributed by atoms with van der Waals surface area (Å²) in [6.07, 6.45) is 4.61. The fourth-order valence-corrected chi connectivity index (χ4v) is 1.50. The van der Waals surface area contributed by atoms with Crippen LogP contribution in [0.2, 0.25) is 0 Å². The molecule has 0 bridgehead atoms. The van der Waals surface area contributed by atoms with E-state index in [0.29, 0.717) is 0 Å². The van der Waals surface area contributed by atoms with Crippen molar-refractivity contribution in [3.05, 3.63) is 11.3 Å². The zero-order valence-electron chi connectivity index (χ0n) is 8.63. The average Bonchev–Trinajstić information content (AvgIpc) is 2.17. The Bertz CT molecular complexity index is 187. The fraction of sp³-hybridized carbons (Fsp3) is 0.778. The quantitative estimate of drug-likeness (QED) is 0.626. The molecule has 0 N–H and O–H groups in total. The van der Waals surface area contributed by atoms with Gasteiger partial charge in [0.2, 0.25) is 0 Å². The van der Waals surface area contributed by atoms with Crippen LogP contribution in [0.25, 0.3) is 0 Å². The van der Waals surface area contributed by atoms with Crippen molar-refractivity contribution in [1.82, 2.24) is 0 Å². The van der Waals surface area contributed by atoms with E-state index >= 15 is 0 Å². The van der Waals surface area contributed by atoms with E-state index in [1.54, 1.807) is 14.2 Å². The summed E-state index contributed by atoms with van der Waals surface area (Å²) in [5, 5.41) is 0. The van der Waals surface area contributed by atoms with Gasteiger partial charge in [0.1, 0.15) is 0 Å². The highest BCUT2D eigenvalue weighted by Gasteiger charge is 2.23. The topological polar surface area (TPSA) is 27.7 Å². The Morgan fingerprint density at radius 2 is 1.69 bits per heavy atom. The number of rotatable bonds is 4. The molecule has 1 aliphatic rings. The molecule has 74 valence electrons. The highest BCUT2D eigenvalue weighted by atomic mass is 16.7. The first kappa shape index (κ1) is 10.6. The standard InChI is InChI=1S/C9H17BO3/c1-8-6-4-5-7-9(8)13-10(11-2)12-3/h4-7H2,1-3H3. The zero-order chi connectivity index (χ0) is 9.68. The van der Waals surface area contributed by atoms with Gasteiger partial charge in [0, 0.05) is 20.6 Å². The van der Waals surface area contributed by atoms with E-state index in [-0.39, 0.29) is 0 Å². The second-order valence-corrected chi connectivity index (χ2v) is 3.29. The summed E-state index contributed by atoms with van der Waals surface area (Å²) in [6, 6.07) is 0. The fourth-order valence-electron chi connectivity index (χ4n) is 1.50. The first-order valence-electron chi connectivity index (χ1n) is 4.68. The van der Waals surface area contributed by atoms with E-state index in [4.69, 9.17) is 14.0 Å². The minimum absolute atomic E-state index is 0.553. The molecule has 0 aromatic rings. The SMILES string of the molecule is COB(OC)OC1=C(C)CCCC1. The van der Waals surface area contributed by atoms with E-state index in [1.165, 1.54) is 18.4 Å². The molecule has 0 saturated heterocycles. The molecule has 0 aromatic heterocycles. The highest BCUT2D eigenvalue weighted by Crippen LogP contribution is 2.25. The summed E-state index contributed by atoms with van der Waals surface area (Å²) < 4.78 is 15.5. The summed E-state index contributed by atoms with van der Waals surface area (Å²) in [4.78, 5) is 0. The van der Waals surface area contributed by atoms with Gasteiger partial charge in [-0.15, -0.1) is 0 Å². The maximum absolute atomic E-state index is 5.54. The van der Waals surface area contributed by atoms with Crippen molar-refractivity contribution in [1.29, 1.82) is 0 Å². The van der Waals surface area contributed by atoms with Gasteiger partial charge in [0.25, 0.3) is 0 Å². The monoisotopic (exact) mass is 184 g/mol. The zero-order valence-corrected chi connectivity index (χ0v) is 8.63. The largest absolute Gasteiger partial charge is 0.712 e. The van der Waals surface area contributed by atoms with Gasteiger partial charge in [0.05, 0.1) is 5.76 Å². The molecule has 0 unspecified atom stereocenters. The van der Waals surface area contributed by atoms with Crippen LogP contribution >= 0.6 is 0 Å². The minimum atomic E-state index is -0.553. The second-order valence-electron chi connectivity index (χ2n) is 3.29. The Kier molecular flexibility index (Phi) is 4.32. The number of hydrogen-bond acceptors (Lipinski definition) is 3. The third-order valence-electron chi connectivity index (χ3n) is 2.31. The van der Waals surface area contributed by atoms with E-state index in [2.05, 4.69) is 6.92 Å². The molecule has 0 heterocycles. The van der Waals surface area contributed by atoms with Crippen LogP contribution in [-0.2, 0) is 14.0 Å². The van der Waals surface area contributed by atoms with Crippen molar-refractivity contribution in [2.75, 3.05) is 14.2 Å². The van der Waals surface area contributed by atoms with Crippen LogP contribution < -0.4 is 0 Å². The third-order valence-corrected chi connectivity index (χ3v) is 2.31. The molecule has 0 radical (unpaired) electrons. The second kappa shape index (κ2) is 5.30. The van der Waals surface area contributed by atoms with Gasteiger partial charge in [-0.2, -0.15) is 0 Å². The molecule has 0 spiro atoms. The Morgan fingerprint density at radius 1 is 1.08 bits per heavy atom. The van der Waals surface area contributed by atoms with Gasteiger partial charge in [-0.3, -0.25) is 0 Å². The minimum Gasteiger partial charge on any atom is -0.515 e. The van der Waals surface area contributed by atoms with Gasteiger partial charge in [-0.25, -0.2) is 0 Å². The first-order chi connectivity index (χ1) is 6.27. The van der Waals surface area contributed by atoms with Crippen LogP contribution in [-0.4, -0.2) is 21.5 Å². The number of hydrogen-bond donors (Lipinski definition) is 0. The molecule has 0 aliphatic heterocycles. The molecule has 0 aromatic carbocycles. The van der Waals surface area contributed by atoms with E-state index in [0.717, 1.165) is 18.6 Å². The summed E-state index contributed by atoms with van der Waals surface area (Å²) >= 11 is 0. The molecular weight excluding hydrogens is 167 g/mol. The summed E-state index contributed by atoms with van der Waals surface area (Å²) in [7, 11) is 2.60. The normalized spacial score (nSPS) is 17.5. The molecule has 13 heavy (non-hydrogen) atoms. The molecule has 1 rings (SSSR count). The smallest absolute Gasteiger partial charge is 0.515 e. The van der Waals surface area contributed by atoms with E-state index in [1.807, 2.05) is 0 Å². The lowest BCUT2D eigenvalue weighted by Crippen LogP contribution is -2.24. The summed E-state index contributed by atoms with van der Waals surface area (Å²) in [6.45, 7) is 2.11. The van der Waals surface area contributed by atoms with Crippen molar-refractivity contribution in [3.63, 3.8) is 0 Å². The van der Waals surface area contributed by atoms with Crippen LogP contribution in [0, 0.1) is 0 Å². The molecule has 0 fully saturated rings. The molecule has 4 heteroatoms. The molecular formula is C9H17BO3. The van der Waals surface area contributed by atoms with Gasteiger partial charge in [-0.05, 0) is 31.8 Å². The van der Waals surface area contributed by atoms with Crippen LogP contribution in [0.1, 0.15) is 32.6 Å². The van der Waals surface area contributed by atoms with Crippen LogP contribution in [0.3, 0.4) is 0 Å². The Hall–Kier alpha value is -0.475. The maximum atomic E-state index is 5.54. The van der Waals surface area contributed by atoms with Crippen molar-refractivity contribution >= 4 is 7.32 Å². The number of allylic oxidation sites excluding steroid dienone is 2. The third kappa shape index (κ3) is 3.05. The average molecular weight is 184 g/mol. The Morgan fingerprint density at radius 3 is 2.23 bits per heavy atom. The molecule has 1 aliphatic carbocycles. The molecule has 0 saturated carbocycles. The van der Waals surface area contributed by atoms with Gasteiger partial charge >= 0.3 is 7.32 Å². The van der Waals surface area contributed by atoms with Crippen molar-refractivity contribution in [3.8, 4) is 0 Å². The predicted octanol–water partition coefficient (Wildman–Crippen LogP) is 2.13. The lowest BCUT2D eigenvalue weighted by molar-refractivity contribution is 0.161. The predicted molar refractivity (Wildman–Crippen MR) is 52.0 cm³/mol. The highest BCUT2D eigenvalue weighted by molar-refractivity contribution is 6.36. The molecule has 0 amide bonds. The van der Waals surface area contributed by atoms with Crippen molar-refractivity contribution in [2.45, 2.75) is 32.6 Å². The summed E-state index contributed by atoms with van der Waals surface area (Å²) in [5.74, 6) is 1.04. The van der Waals surface area contributed by atoms with Crippen molar-refractivity contribution in [2.24, 2.45) is 0 Å². The van der Waals surface area contributed by atoms with Gasteiger partial charge in [-0.1, -0.05) is 0 Å². The molecule has 0 atom stereocenters. The summed E-state index contributed by atoms with van der Waals surface area (Å²) in [5.41, 5.74) is 1.32. The lowest BCUT2D eigenvalue weighted by atomic mass is 9.98. The van der Waals surface area contributed by atoms with Gasteiger partial charge < -0.3 is 14.0 Å². The van der Waals surface area contributed by atoms with Gasteiger partial charge in [0.15, 0.2) is 0 Å². The van der Waals surface area contributed by atoms with E-state index < -0.39 is 7.32 Å².